The highest BCUT2D eigenvalue weighted by Gasteiger charge is 2.24. The summed E-state index contributed by atoms with van der Waals surface area (Å²) in [5, 5.41) is 19.7. The maximum Gasteiger partial charge on any atom is 0.271 e. The van der Waals surface area contributed by atoms with Crippen molar-refractivity contribution in [3.8, 4) is 17.7 Å². The number of aromatic nitrogens is 1. The van der Waals surface area contributed by atoms with Crippen molar-refractivity contribution in [1.82, 2.24) is 4.57 Å². The van der Waals surface area contributed by atoms with Gasteiger partial charge in [0.15, 0.2) is 5.78 Å². The molecule has 0 bridgehead atoms. The van der Waals surface area contributed by atoms with E-state index in [0.717, 1.165) is 11.0 Å². The molecule has 0 radical (unpaired) electrons. The predicted octanol–water partition coefficient (Wildman–Crippen LogP) is 2.77. The molecule has 1 aromatic carbocycles. The molecule has 6 nitrogen and oxygen atoms in total. The van der Waals surface area contributed by atoms with E-state index in [1.165, 1.54) is 6.92 Å². The summed E-state index contributed by atoms with van der Waals surface area (Å²) < 4.78 is 6.55. The molecule has 2 aromatic rings. The van der Waals surface area contributed by atoms with E-state index in [0.29, 0.717) is 17.9 Å². The molecule has 2 rings (SSSR count). The molecular weight excluding hydrogens is 320 g/mol. The first kappa shape index (κ1) is 18.3. The second-order valence-corrected chi connectivity index (χ2v) is 5.57. The van der Waals surface area contributed by atoms with Crippen LogP contribution in [0, 0.1) is 18.3 Å². The Bertz CT molecular complexity index is 907. The molecule has 0 aliphatic carbocycles. The van der Waals surface area contributed by atoms with E-state index in [1.807, 2.05) is 13.0 Å². The minimum absolute atomic E-state index is 0.0364. The average Bonchev–Trinajstić information content (AvgIpc) is 2.60. The number of pyridine rings is 1. The van der Waals surface area contributed by atoms with E-state index in [9.17, 15) is 20.0 Å². The lowest BCUT2D eigenvalue weighted by atomic mass is 9.97. The van der Waals surface area contributed by atoms with E-state index in [1.54, 1.807) is 31.2 Å². The zero-order valence-electron chi connectivity index (χ0n) is 14.5. The lowest BCUT2D eigenvalue weighted by Crippen LogP contribution is -2.26. The SMILES string of the molecule is CCCOc1cccc(C(=O)c2c(C)c(C#N)c(=O)n(CC)c2O)c1. The molecule has 0 aliphatic rings. The minimum atomic E-state index is -0.600. The maximum atomic E-state index is 12.9. The summed E-state index contributed by atoms with van der Waals surface area (Å²) in [6, 6.07) is 8.45. The second-order valence-electron chi connectivity index (χ2n) is 5.57. The molecule has 0 saturated carbocycles. The Kier molecular flexibility index (Phi) is 5.60. The summed E-state index contributed by atoms with van der Waals surface area (Å²) in [5.74, 6) is -0.335. The number of rotatable bonds is 6. The first-order valence-corrected chi connectivity index (χ1v) is 8.10. The van der Waals surface area contributed by atoms with Crippen LogP contribution in [-0.4, -0.2) is 22.1 Å². The van der Waals surface area contributed by atoms with Gasteiger partial charge in [0.2, 0.25) is 5.88 Å². The largest absolute Gasteiger partial charge is 0.494 e. The van der Waals surface area contributed by atoms with Gasteiger partial charge < -0.3 is 9.84 Å². The third kappa shape index (κ3) is 3.41. The molecule has 1 N–H and O–H groups in total. The number of benzene rings is 1. The fraction of sp³-hybridized carbons (Fsp3) is 0.316. The van der Waals surface area contributed by atoms with Gasteiger partial charge in [-0.15, -0.1) is 0 Å². The monoisotopic (exact) mass is 340 g/mol. The highest BCUT2D eigenvalue weighted by molar-refractivity contribution is 6.11. The van der Waals surface area contributed by atoms with E-state index >= 15 is 0 Å². The molecule has 130 valence electrons. The van der Waals surface area contributed by atoms with Gasteiger partial charge in [0.05, 0.1) is 12.2 Å². The standard InChI is InChI=1S/C19H20N2O4/c1-4-9-25-14-8-6-7-13(10-14)17(22)16-12(3)15(11-20)18(23)21(5-2)19(16)24/h6-8,10,24H,4-5,9H2,1-3H3. The smallest absolute Gasteiger partial charge is 0.271 e. The molecule has 0 unspecified atom stereocenters. The first-order chi connectivity index (χ1) is 12.0. The Morgan fingerprint density at radius 1 is 1.36 bits per heavy atom. The van der Waals surface area contributed by atoms with Crippen LogP contribution in [0.1, 0.15) is 47.3 Å². The molecule has 0 saturated heterocycles. The van der Waals surface area contributed by atoms with Crippen LogP contribution in [0.15, 0.2) is 29.1 Å². The normalized spacial score (nSPS) is 10.3. The number of ether oxygens (including phenoxy) is 1. The van der Waals surface area contributed by atoms with Crippen LogP contribution < -0.4 is 10.3 Å². The van der Waals surface area contributed by atoms with Crippen LogP contribution in [0.5, 0.6) is 11.6 Å². The van der Waals surface area contributed by atoms with Gasteiger partial charge >= 0.3 is 0 Å². The van der Waals surface area contributed by atoms with Gasteiger partial charge in [0.1, 0.15) is 17.4 Å². The van der Waals surface area contributed by atoms with Crippen LogP contribution in [0.25, 0.3) is 0 Å². The van der Waals surface area contributed by atoms with Crippen molar-refractivity contribution in [2.75, 3.05) is 6.61 Å². The number of nitrogens with zero attached hydrogens (tertiary/aromatic N) is 2. The van der Waals surface area contributed by atoms with Crippen molar-refractivity contribution in [3.05, 3.63) is 56.9 Å². The Hall–Kier alpha value is -3.07. The molecule has 0 atom stereocenters. The van der Waals surface area contributed by atoms with Crippen LogP contribution in [0.4, 0.5) is 0 Å². The Morgan fingerprint density at radius 3 is 2.68 bits per heavy atom. The number of nitriles is 1. The van der Waals surface area contributed by atoms with Crippen molar-refractivity contribution >= 4 is 5.78 Å². The fourth-order valence-electron chi connectivity index (χ4n) is 2.61. The van der Waals surface area contributed by atoms with Gasteiger partial charge in [-0.2, -0.15) is 5.26 Å². The summed E-state index contributed by atoms with van der Waals surface area (Å²) >= 11 is 0. The first-order valence-electron chi connectivity index (χ1n) is 8.10. The van der Waals surface area contributed by atoms with E-state index in [4.69, 9.17) is 4.74 Å². The molecule has 0 aliphatic heterocycles. The summed E-state index contributed by atoms with van der Waals surface area (Å²) in [5.41, 5.74) is -0.277. The van der Waals surface area contributed by atoms with Gasteiger partial charge in [-0.25, -0.2) is 0 Å². The minimum Gasteiger partial charge on any atom is -0.494 e. The molecule has 0 spiro atoms. The molecule has 25 heavy (non-hydrogen) atoms. The topological polar surface area (TPSA) is 92.3 Å². The van der Waals surface area contributed by atoms with Gasteiger partial charge in [-0.1, -0.05) is 19.1 Å². The van der Waals surface area contributed by atoms with Crippen molar-refractivity contribution in [1.29, 1.82) is 5.26 Å². The Labute approximate surface area is 145 Å². The lowest BCUT2D eigenvalue weighted by Gasteiger charge is -2.14. The van der Waals surface area contributed by atoms with Crippen molar-refractivity contribution in [2.24, 2.45) is 0 Å². The Morgan fingerprint density at radius 2 is 2.08 bits per heavy atom. The number of hydrogen-bond acceptors (Lipinski definition) is 5. The summed E-state index contributed by atoms with van der Waals surface area (Å²) in [7, 11) is 0. The number of carbonyl (C=O) groups is 1. The van der Waals surface area contributed by atoms with Gasteiger partial charge in [-0.3, -0.25) is 14.2 Å². The summed E-state index contributed by atoms with van der Waals surface area (Å²) in [6.45, 7) is 5.81. The van der Waals surface area contributed by atoms with Crippen LogP contribution >= 0.6 is 0 Å². The second kappa shape index (κ2) is 7.67. The maximum absolute atomic E-state index is 12.9. The number of ketones is 1. The number of hydrogen-bond donors (Lipinski definition) is 1. The molecular formula is C19H20N2O4. The molecule has 0 amide bonds. The third-order valence-corrected chi connectivity index (χ3v) is 3.91. The number of aromatic hydroxyl groups is 1. The zero-order valence-corrected chi connectivity index (χ0v) is 14.5. The zero-order chi connectivity index (χ0) is 18.6. The highest BCUT2D eigenvalue weighted by atomic mass is 16.5. The van der Waals surface area contributed by atoms with Gasteiger partial charge in [0, 0.05) is 12.1 Å². The number of carbonyl (C=O) groups excluding carboxylic acids is 1. The van der Waals surface area contributed by atoms with E-state index in [-0.39, 0.29) is 23.2 Å². The third-order valence-electron chi connectivity index (χ3n) is 3.91. The summed E-state index contributed by atoms with van der Waals surface area (Å²) in [6.07, 6.45) is 0.838. The highest BCUT2D eigenvalue weighted by Crippen LogP contribution is 2.26. The predicted molar refractivity (Wildman–Crippen MR) is 93.2 cm³/mol. The van der Waals surface area contributed by atoms with Crippen molar-refractivity contribution < 1.29 is 14.6 Å². The van der Waals surface area contributed by atoms with Crippen LogP contribution in [0.2, 0.25) is 0 Å². The molecule has 0 fully saturated rings. The van der Waals surface area contributed by atoms with E-state index in [2.05, 4.69) is 0 Å². The molecule has 1 heterocycles. The molecule has 1 aromatic heterocycles. The average molecular weight is 340 g/mol. The van der Waals surface area contributed by atoms with Crippen molar-refractivity contribution in [2.45, 2.75) is 33.7 Å². The van der Waals surface area contributed by atoms with Gasteiger partial charge in [-0.05, 0) is 38.0 Å². The van der Waals surface area contributed by atoms with Gasteiger partial charge in [0.25, 0.3) is 5.56 Å². The van der Waals surface area contributed by atoms with Crippen LogP contribution in [-0.2, 0) is 6.54 Å². The summed E-state index contributed by atoms with van der Waals surface area (Å²) in [4.78, 5) is 25.1. The van der Waals surface area contributed by atoms with E-state index < -0.39 is 17.2 Å². The van der Waals surface area contributed by atoms with Crippen LogP contribution in [0.3, 0.4) is 0 Å². The Balaban J connectivity index is 2.61. The fourth-order valence-corrected chi connectivity index (χ4v) is 2.61. The molecule has 6 heteroatoms. The van der Waals surface area contributed by atoms with Crippen molar-refractivity contribution in [3.63, 3.8) is 0 Å². The quantitative estimate of drug-likeness (QED) is 0.816. The lowest BCUT2D eigenvalue weighted by molar-refractivity contribution is 0.103.